The van der Waals surface area contributed by atoms with E-state index in [1.54, 1.807) is 4.90 Å². The van der Waals surface area contributed by atoms with E-state index in [1.807, 2.05) is 36.5 Å². The highest BCUT2D eigenvalue weighted by molar-refractivity contribution is 7.09. The molecule has 3 rings (SSSR count). The molecule has 2 aromatic rings. The van der Waals surface area contributed by atoms with Gasteiger partial charge in [-0.3, -0.25) is 4.79 Å². The van der Waals surface area contributed by atoms with Crippen LogP contribution in [0, 0.1) is 0 Å². The van der Waals surface area contributed by atoms with Crippen molar-refractivity contribution in [2.45, 2.75) is 38.6 Å². The Kier molecular flexibility index (Phi) is 6.05. The molecule has 1 aliphatic heterocycles. The number of carbonyl (C=O) groups excluding carboxylic acids is 1. The maximum atomic E-state index is 12.5. The lowest BCUT2D eigenvalue weighted by Gasteiger charge is -2.36. The van der Waals surface area contributed by atoms with Gasteiger partial charge in [-0.05, 0) is 23.6 Å². The quantitative estimate of drug-likeness (QED) is 0.857. The summed E-state index contributed by atoms with van der Waals surface area (Å²) in [6.45, 7) is 5.49. The van der Waals surface area contributed by atoms with Gasteiger partial charge in [-0.1, -0.05) is 31.2 Å². The standard InChI is InChI=1S/C20H26N2OS/c1-2-20(23)22(17-7-4-3-5-8-17)18-10-13-21(14-11-18)15-12-19-9-6-16-24-19/h3-9,16,18H,2,10-15H2,1H3/p+1. The fourth-order valence-corrected chi connectivity index (χ4v) is 4.30. The Balaban J connectivity index is 1.58. The molecule has 1 aliphatic rings. The van der Waals surface area contributed by atoms with E-state index in [4.69, 9.17) is 0 Å². The van der Waals surface area contributed by atoms with Crippen LogP contribution in [-0.4, -0.2) is 31.6 Å². The van der Waals surface area contributed by atoms with Crippen molar-refractivity contribution in [3.05, 3.63) is 52.7 Å². The van der Waals surface area contributed by atoms with Gasteiger partial charge in [0.1, 0.15) is 0 Å². The molecule has 1 aromatic heterocycles. The molecule has 2 heterocycles. The molecule has 0 radical (unpaired) electrons. The molecule has 0 bridgehead atoms. The van der Waals surface area contributed by atoms with Crippen LogP contribution in [0.3, 0.4) is 0 Å². The molecule has 1 fully saturated rings. The summed E-state index contributed by atoms with van der Waals surface area (Å²) >= 11 is 1.85. The lowest BCUT2D eigenvalue weighted by molar-refractivity contribution is -0.904. The van der Waals surface area contributed by atoms with Crippen molar-refractivity contribution >= 4 is 22.9 Å². The van der Waals surface area contributed by atoms with Crippen LogP contribution < -0.4 is 9.80 Å². The summed E-state index contributed by atoms with van der Waals surface area (Å²) < 4.78 is 0. The molecule has 3 nitrogen and oxygen atoms in total. The Bertz CT molecular complexity index is 618. The van der Waals surface area contributed by atoms with Gasteiger partial charge in [0.2, 0.25) is 5.91 Å². The number of anilines is 1. The molecular formula is C20H27N2OS+. The van der Waals surface area contributed by atoms with Gasteiger partial charge in [-0.15, -0.1) is 11.3 Å². The topological polar surface area (TPSA) is 24.8 Å². The number of thiophene rings is 1. The number of para-hydroxylation sites is 1. The molecule has 0 atom stereocenters. The highest BCUT2D eigenvalue weighted by Gasteiger charge is 2.30. The highest BCUT2D eigenvalue weighted by atomic mass is 32.1. The van der Waals surface area contributed by atoms with Crippen LogP contribution in [0.2, 0.25) is 0 Å². The SMILES string of the molecule is CCC(=O)N(c1ccccc1)C1CC[NH+](CCc2cccs2)CC1. The monoisotopic (exact) mass is 343 g/mol. The largest absolute Gasteiger partial charge is 0.335 e. The van der Waals surface area contributed by atoms with Gasteiger partial charge < -0.3 is 9.80 Å². The van der Waals surface area contributed by atoms with Gasteiger partial charge in [0.15, 0.2) is 0 Å². The summed E-state index contributed by atoms with van der Waals surface area (Å²) in [6.07, 6.45) is 3.94. The average molecular weight is 344 g/mol. The minimum Gasteiger partial charge on any atom is -0.335 e. The van der Waals surface area contributed by atoms with Crippen LogP contribution in [0.15, 0.2) is 47.8 Å². The third-order valence-corrected chi connectivity index (χ3v) is 5.87. The van der Waals surface area contributed by atoms with E-state index in [9.17, 15) is 4.79 Å². The summed E-state index contributed by atoms with van der Waals surface area (Å²) in [6, 6.07) is 14.9. The minimum atomic E-state index is 0.244. The minimum absolute atomic E-state index is 0.244. The molecule has 1 aromatic carbocycles. The van der Waals surface area contributed by atoms with Crippen LogP contribution in [-0.2, 0) is 11.2 Å². The third-order valence-electron chi connectivity index (χ3n) is 4.94. The highest BCUT2D eigenvalue weighted by Crippen LogP contribution is 2.22. The molecule has 1 amide bonds. The molecule has 1 N–H and O–H groups in total. The van der Waals surface area contributed by atoms with Crippen LogP contribution >= 0.6 is 11.3 Å². The number of quaternary nitrogens is 1. The number of hydrogen-bond acceptors (Lipinski definition) is 2. The Labute approximate surface area is 148 Å². The zero-order valence-corrected chi connectivity index (χ0v) is 15.2. The number of carbonyl (C=O) groups is 1. The fraction of sp³-hybridized carbons (Fsp3) is 0.450. The van der Waals surface area contributed by atoms with Crippen molar-refractivity contribution in [1.29, 1.82) is 0 Å². The summed E-state index contributed by atoms with van der Waals surface area (Å²) in [4.78, 5) is 17.7. The predicted molar refractivity (Wildman–Crippen MR) is 101 cm³/mol. The first-order valence-electron chi connectivity index (χ1n) is 9.01. The normalized spacial score (nSPS) is 20.7. The van der Waals surface area contributed by atoms with E-state index in [0.29, 0.717) is 12.5 Å². The summed E-state index contributed by atoms with van der Waals surface area (Å²) in [5.41, 5.74) is 1.05. The summed E-state index contributed by atoms with van der Waals surface area (Å²) in [5, 5.41) is 2.16. The Morgan fingerprint density at radius 1 is 1.17 bits per heavy atom. The van der Waals surface area contributed by atoms with Crippen LogP contribution in [0.25, 0.3) is 0 Å². The maximum absolute atomic E-state index is 12.5. The number of benzene rings is 1. The van der Waals surface area contributed by atoms with Crippen LogP contribution in [0.5, 0.6) is 0 Å². The average Bonchev–Trinajstić information content (AvgIpc) is 3.15. The smallest absolute Gasteiger partial charge is 0.226 e. The van der Waals surface area contributed by atoms with Gasteiger partial charge in [0.25, 0.3) is 0 Å². The number of likely N-dealkylation sites (tertiary alicyclic amines) is 1. The number of nitrogens with zero attached hydrogens (tertiary/aromatic N) is 1. The zero-order chi connectivity index (χ0) is 16.8. The number of amides is 1. The van der Waals surface area contributed by atoms with Crippen molar-refractivity contribution < 1.29 is 9.69 Å². The molecule has 1 saturated heterocycles. The van der Waals surface area contributed by atoms with E-state index in [-0.39, 0.29) is 5.91 Å². The lowest BCUT2D eigenvalue weighted by Crippen LogP contribution is -3.13. The number of rotatable bonds is 6. The fourth-order valence-electron chi connectivity index (χ4n) is 3.59. The second kappa shape index (κ2) is 8.45. The molecule has 4 heteroatoms. The molecule has 0 aliphatic carbocycles. The van der Waals surface area contributed by atoms with Crippen molar-refractivity contribution in [3.63, 3.8) is 0 Å². The van der Waals surface area contributed by atoms with Gasteiger partial charge >= 0.3 is 0 Å². The second-order valence-corrected chi connectivity index (χ2v) is 7.55. The number of piperidine rings is 1. The first kappa shape index (κ1) is 17.2. The molecule has 128 valence electrons. The van der Waals surface area contributed by atoms with Gasteiger partial charge in [0, 0.05) is 42.3 Å². The van der Waals surface area contributed by atoms with Crippen LogP contribution in [0.4, 0.5) is 5.69 Å². The van der Waals surface area contributed by atoms with E-state index < -0.39 is 0 Å². The van der Waals surface area contributed by atoms with Gasteiger partial charge in [-0.2, -0.15) is 0 Å². The molecule has 0 spiro atoms. The Hall–Kier alpha value is -1.65. The molecule has 0 unspecified atom stereocenters. The van der Waals surface area contributed by atoms with E-state index >= 15 is 0 Å². The first-order chi connectivity index (χ1) is 11.8. The first-order valence-corrected chi connectivity index (χ1v) is 9.89. The molecule has 24 heavy (non-hydrogen) atoms. The van der Waals surface area contributed by atoms with Gasteiger partial charge in [0.05, 0.1) is 19.6 Å². The third kappa shape index (κ3) is 4.25. The van der Waals surface area contributed by atoms with Crippen molar-refractivity contribution in [1.82, 2.24) is 0 Å². The molecule has 0 saturated carbocycles. The van der Waals surface area contributed by atoms with E-state index in [1.165, 1.54) is 17.8 Å². The number of hydrogen-bond donors (Lipinski definition) is 1. The van der Waals surface area contributed by atoms with Gasteiger partial charge in [-0.25, -0.2) is 0 Å². The molecular weight excluding hydrogens is 316 g/mol. The van der Waals surface area contributed by atoms with Crippen molar-refractivity contribution in [2.75, 3.05) is 24.5 Å². The predicted octanol–water partition coefficient (Wildman–Crippen LogP) is 2.78. The summed E-state index contributed by atoms with van der Waals surface area (Å²) in [7, 11) is 0. The van der Waals surface area contributed by atoms with Crippen molar-refractivity contribution in [3.8, 4) is 0 Å². The summed E-state index contributed by atoms with van der Waals surface area (Å²) in [5.74, 6) is 0.244. The number of nitrogens with one attached hydrogen (secondary N) is 1. The Morgan fingerprint density at radius 2 is 1.92 bits per heavy atom. The van der Waals surface area contributed by atoms with E-state index in [0.717, 1.165) is 31.6 Å². The van der Waals surface area contributed by atoms with E-state index in [2.05, 4.69) is 34.5 Å². The maximum Gasteiger partial charge on any atom is 0.226 e. The van der Waals surface area contributed by atoms with Crippen LogP contribution in [0.1, 0.15) is 31.1 Å². The zero-order valence-electron chi connectivity index (χ0n) is 14.4. The van der Waals surface area contributed by atoms with Crippen molar-refractivity contribution in [2.24, 2.45) is 0 Å². The second-order valence-electron chi connectivity index (χ2n) is 6.51. The lowest BCUT2D eigenvalue weighted by atomic mass is 10.0. The Morgan fingerprint density at radius 3 is 2.54 bits per heavy atom.